The number of carbonyl (C=O) groups is 2. The third kappa shape index (κ3) is 4.01. The van der Waals surface area contributed by atoms with Gasteiger partial charge in [0, 0.05) is 39.1 Å². The monoisotopic (exact) mass is 363 g/mol. The number of amides is 2. The number of carbonyl (C=O) groups excluding carboxylic acids is 2. The molecular weight excluding hydrogens is 344 g/mol. The molecular formula is C18H19F2N3O3. The fraction of sp³-hybridized carbons (Fsp3) is 0.333. The molecule has 1 aliphatic rings. The van der Waals surface area contributed by atoms with Crippen molar-refractivity contribution in [2.75, 3.05) is 38.0 Å². The fourth-order valence-corrected chi connectivity index (χ4v) is 2.83. The minimum Gasteiger partial charge on any atom is -0.459 e. The van der Waals surface area contributed by atoms with Crippen molar-refractivity contribution < 1.29 is 22.8 Å². The maximum atomic E-state index is 13.5. The molecule has 3 rings (SSSR count). The molecule has 1 aliphatic heterocycles. The molecule has 26 heavy (non-hydrogen) atoms. The minimum absolute atomic E-state index is 0.111. The molecule has 0 atom stereocenters. The number of nitrogens with one attached hydrogen (secondary N) is 1. The molecule has 1 saturated heterocycles. The molecule has 2 heterocycles. The average Bonchev–Trinajstić information content (AvgIpc) is 3.18. The van der Waals surface area contributed by atoms with Crippen molar-refractivity contribution in [1.29, 1.82) is 0 Å². The molecule has 1 aromatic heterocycles. The topological polar surface area (TPSA) is 65.8 Å². The van der Waals surface area contributed by atoms with Crippen LogP contribution in [0, 0.1) is 11.6 Å². The van der Waals surface area contributed by atoms with E-state index in [4.69, 9.17) is 4.42 Å². The Labute approximate surface area is 149 Å². The van der Waals surface area contributed by atoms with Crippen molar-refractivity contribution in [2.24, 2.45) is 0 Å². The molecule has 0 aliphatic carbocycles. The van der Waals surface area contributed by atoms with E-state index in [0.717, 1.165) is 12.1 Å². The van der Waals surface area contributed by atoms with E-state index < -0.39 is 11.6 Å². The highest BCUT2D eigenvalue weighted by molar-refractivity contribution is 5.91. The number of hydrogen-bond acceptors (Lipinski definition) is 4. The second-order valence-electron chi connectivity index (χ2n) is 5.92. The highest BCUT2D eigenvalue weighted by Crippen LogP contribution is 2.18. The summed E-state index contributed by atoms with van der Waals surface area (Å²) in [7, 11) is 0. The summed E-state index contributed by atoms with van der Waals surface area (Å²) in [4.78, 5) is 27.7. The molecule has 0 bridgehead atoms. The largest absolute Gasteiger partial charge is 0.459 e. The van der Waals surface area contributed by atoms with Crippen molar-refractivity contribution in [1.82, 2.24) is 9.80 Å². The van der Waals surface area contributed by atoms with Gasteiger partial charge in [0.25, 0.3) is 5.91 Å². The van der Waals surface area contributed by atoms with Crippen molar-refractivity contribution in [3.05, 3.63) is 54.0 Å². The van der Waals surface area contributed by atoms with Gasteiger partial charge in [0.15, 0.2) is 5.76 Å². The van der Waals surface area contributed by atoms with E-state index in [1.54, 1.807) is 21.9 Å². The van der Waals surface area contributed by atoms with Crippen LogP contribution in [0.1, 0.15) is 17.0 Å². The van der Waals surface area contributed by atoms with Crippen LogP contribution in [0.15, 0.2) is 41.0 Å². The normalized spacial score (nSPS) is 14.4. The summed E-state index contributed by atoms with van der Waals surface area (Å²) in [5, 5.41) is 2.62. The van der Waals surface area contributed by atoms with Gasteiger partial charge in [0.1, 0.15) is 17.3 Å². The first-order valence-corrected chi connectivity index (χ1v) is 8.34. The van der Waals surface area contributed by atoms with E-state index in [-0.39, 0.29) is 36.2 Å². The van der Waals surface area contributed by atoms with Crippen LogP contribution in [0.4, 0.5) is 14.5 Å². The Morgan fingerprint density at radius 1 is 1.00 bits per heavy atom. The van der Waals surface area contributed by atoms with Gasteiger partial charge in [-0.3, -0.25) is 9.59 Å². The molecule has 6 nitrogen and oxygen atoms in total. The average molecular weight is 363 g/mol. The molecule has 0 spiro atoms. The Balaban J connectivity index is 1.44. The number of para-hydroxylation sites is 1. The Morgan fingerprint density at radius 2 is 1.65 bits per heavy atom. The smallest absolute Gasteiger partial charge is 0.289 e. The number of benzene rings is 1. The van der Waals surface area contributed by atoms with Crippen LogP contribution in [0.3, 0.4) is 0 Å². The molecule has 2 aromatic rings. The second-order valence-corrected chi connectivity index (χ2v) is 5.92. The van der Waals surface area contributed by atoms with E-state index >= 15 is 0 Å². The van der Waals surface area contributed by atoms with Gasteiger partial charge in [0.05, 0.1) is 6.26 Å². The van der Waals surface area contributed by atoms with Gasteiger partial charge < -0.3 is 19.5 Å². The van der Waals surface area contributed by atoms with E-state index in [9.17, 15) is 18.4 Å². The fourth-order valence-electron chi connectivity index (χ4n) is 2.83. The minimum atomic E-state index is -0.692. The SMILES string of the molecule is O=C(CCNc1c(F)cccc1F)N1CCN(C(=O)c2ccco2)CC1. The number of furan rings is 1. The molecule has 1 aromatic carbocycles. The lowest BCUT2D eigenvalue weighted by atomic mass is 10.2. The van der Waals surface area contributed by atoms with Crippen molar-refractivity contribution in [2.45, 2.75) is 6.42 Å². The molecule has 138 valence electrons. The number of anilines is 1. The third-order valence-corrected chi connectivity index (χ3v) is 4.25. The van der Waals surface area contributed by atoms with Crippen LogP contribution >= 0.6 is 0 Å². The lowest BCUT2D eigenvalue weighted by Gasteiger charge is -2.34. The number of nitrogens with zero attached hydrogens (tertiary/aromatic N) is 2. The zero-order valence-electron chi connectivity index (χ0n) is 14.1. The van der Waals surface area contributed by atoms with Gasteiger partial charge in [-0.05, 0) is 24.3 Å². The summed E-state index contributed by atoms with van der Waals surface area (Å²) in [5.74, 6) is -1.43. The number of hydrogen-bond donors (Lipinski definition) is 1. The van der Waals surface area contributed by atoms with Gasteiger partial charge in [0.2, 0.25) is 5.91 Å². The summed E-state index contributed by atoms with van der Waals surface area (Å²) in [6, 6.07) is 6.85. The van der Waals surface area contributed by atoms with Crippen LogP contribution < -0.4 is 5.32 Å². The van der Waals surface area contributed by atoms with E-state index in [2.05, 4.69) is 5.32 Å². The number of piperazine rings is 1. The quantitative estimate of drug-likeness (QED) is 0.886. The highest BCUT2D eigenvalue weighted by atomic mass is 19.1. The van der Waals surface area contributed by atoms with Crippen LogP contribution in [-0.2, 0) is 4.79 Å². The van der Waals surface area contributed by atoms with Crippen LogP contribution in [0.2, 0.25) is 0 Å². The maximum absolute atomic E-state index is 13.5. The predicted molar refractivity (Wildman–Crippen MR) is 90.7 cm³/mol. The lowest BCUT2D eigenvalue weighted by molar-refractivity contribution is -0.132. The highest BCUT2D eigenvalue weighted by Gasteiger charge is 2.25. The predicted octanol–water partition coefficient (Wildman–Crippen LogP) is 2.34. The first kappa shape index (κ1) is 17.9. The number of rotatable bonds is 5. The molecule has 8 heteroatoms. The summed E-state index contributed by atoms with van der Waals surface area (Å²) in [5.41, 5.74) is -0.228. The van der Waals surface area contributed by atoms with Gasteiger partial charge in [-0.25, -0.2) is 8.78 Å². The maximum Gasteiger partial charge on any atom is 0.289 e. The third-order valence-electron chi connectivity index (χ3n) is 4.25. The van der Waals surface area contributed by atoms with Gasteiger partial charge in [-0.1, -0.05) is 6.07 Å². The molecule has 1 N–H and O–H groups in total. The van der Waals surface area contributed by atoms with E-state index in [0.29, 0.717) is 26.2 Å². The van der Waals surface area contributed by atoms with Crippen molar-refractivity contribution in [3.63, 3.8) is 0 Å². The first-order valence-electron chi connectivity index (χ1n) is 8.34. The van der Waals surface area contributed by atoms with E-state index in [1.807, 2.05) is 0 Å². The molecule has 0 unspecified atom stereocenters. The standard InChI is InChI=1S/C18H19F2N3O3/c19-13-3-1-4-14(20)17(13)21-7-6-16(24)22-8-10-23(11-9-22)18(25)15-5-2-12-26-15/h1-5,12,21H,6-11H2. The van der Waals surface area contributed by atoms with Crippen LogP contribution in [-0.4, -0.2) is 54.3 Å². The van der Waals surface area contributed by atoms with Gasteiger partial charge >= 0.3 is 0 Å². The van der Waals surface area contributed by atoms with E-state index in [1.165, 1.54) is 12.3 Å². The first-order chi connectivity index (χ1) is 12.6. The lowest BCUT2D eigenvalue weighted by Crippen LogP contribution is -2.50. The molecule has 0 saturated carbocycles. The molecule has 0 radical (unpaired) electrons. The number of halogens is 2. The molecule has 2 amide bonds. The Bertz CT molecular complexity index is 752. The Morgan fingerprint density at radius 3 is 2.27 bits per heavy atom. The van der Waals surface area contributed by atoms with Crippen molar-refractivity contribution in [3.8, 4) is 0 Å². The zero-order valence-corrected chi connectivity index (χ0v) is 14.1. The second kappa shape index (κ2) is 7.99. The van der Waals surface area contributed by atoms with Crippen molar-refractivity contribution >= 4 is 17.5 Å². The summed E-state index contributed by atoms with van der Waals surface area (Å²) in [6.45, 7) is 1.79. The molecule has 1 fully saturated rings. The van der Waals surface area contributed by atoms with Gasteiger partial charge in [-0.2, -0.15) is 0 Å². The summed E-state index contributed by atoms with van der Waals surface area (Å²) in [6.07, 6.45) is 1.55. The summed E-state index contributed by atoms with van der Waals surface area (Å²) < 4.78 is 32.1. The van der Waals surface area contributed by atoms with Crippen LogP contribution in [0.5, 0.6) is 0 Å². The Hall–Kier alpha value is -2.90. The van der Waals surface area contributed by atoms with Gasteiger partial charge in [-0.15, -0.1) is 0 Å². The zero-order chi connectivity index (χ0) is 18.5. The Kier molecular flexibility index (Phi) is 5.50. The summed E-state index contributed by atoms with van der Waals surface area (Å²) >= 11 is 0. The van der Waals surface area contributed by atoms with Crippen LogP contribution in [0.25, 0.3) is 0 Å².